The van der Waals surface area contributed by atoms with Crippen LogP contribution in [0.3, 0.4) is 0 Å². The Kier molecular flexibility index (Phi) is 12.0. The van der Waals surface area contributed by atoms with Crippen LogP contribution in [0.5, 0.6) is 5.75 Å². The highest BCUT2D eigenvalue weighted by atomic mass is 35.5. The molecule has 0 unspecified atom stereocenters. The maximum Gasteiger partial charge on any atom is 0.264 e. The van der Waals surface area contributed by atoms with Crippen molar-refractivity contribution >= 4 is 62.5 Å². The molecule has 1 N–H and O–H groups in total. The maximum atomic E-state index is 14.1. The summed E-state index contributed by atoms with van der Waals surface area (Å²) in [4.78, 5) is 29.4. The average Bonchev–Trinajstić information content (AvgIpc) is 2.95. The van der Waals surface area contributed by atoms with E-state index in [-0.39, 0.29) is 29.8 Å². The Morgan fingerprint density at radius 3 is 2.14 bits per heavy atom. The Labute approximate surface area is 262 Å². The molecule has 0 heterocycles. The van der Waals surface area contributed by atoms with E-state index in [0.29, 0.717) is 21.4 Å². The first-order valence-corrected chi connectivity index (χ1v) is 16.7. The third-order valence-electron chi connectivity index (χ3n) is 6.35. The minimum absolute atomic E-state index is 0.00528. The fourth-order valence-electron chi connectivity index (χ4n) is 4.17. The summed E-state index contributed by atoms with van der Waals surface area (Å²) in [7, 11) is -4.26. The van der Waals surface area contributed by atoms with Crippen molar-refractivity contribution in [3.8, 4) is 5.75 Å². The second kappa shape index (κ2) is 15.0. The quantitative estimate of drug-likeness (QED) is 0.220. The lowest BCUT2D eigenvalue weighted by molar-refractivity contribution is -0.139. The fraction of sp³-hybridized carbons (Fsp3) is 0.333. The molecular formula is C30H35Cl2N3O5S2. The van der Waals surface area contributed by atoms with Crippen LogP contribution in [-0.4, -0.2) is 56.6 Å². The number of carbonyl (C=O) groups is 2. The summed E-state index contributed by atoms with van der Waals surface area (Å²) in [6, 6.07) is 16.8. The van der Waals surface area contributed by atoms with E-state index < -0.39 is 34.4 Å². The van der Waals surface area contributed by atoms with Crippen molar-refractivity contribution < 1.29 is 22.7 Å². The standard InChI is InChI=1S/C30H35Cl2N3O5S2/c1-6-40-28-13-8-7-12-27(28)35(42(38,39)23-16-14-22(41-5)15-17-23)19-29(36)34(21(4)30(37)33-20(2)3)18-24-25(31)10-9-11-26(24)32/h7-17,20-21H,6,18-19H2,1-5H3,(H,33,37)/t21-/m0/s1. The largest absolute Gasteiger partial charge is 0.492 e. The van der Waals surface area contributed by atoms with Gasteiger partial charge in [-0.2, -0.15) is 0 Å². The van der Waals surface area contributed by atoms with Gasteiger partial charge in [0.2, 0.25) is 11.8 Å². The van der Waals surface area contributed by atoms with Crippen molar-refractivity contribution in [2.45, 2.75) is 56.1 Å². The fourth-order valence-corrected chi connectivity index (χ4v) is 6.52. The van der Waals surface area contributed by atoms with E-state index in [4.69, 9.17) is 27.9 Å². The number of para-hydroxylation sites is 2. The minimum atomic E-state index is -4.26. The summed E-state index contributed by atoms with van der Waals surface area (Å²) >= 11 is 14.3. The van der Waals surface area contributed by atoms with Gasteiger partial charge in [0.15, 0.2) is 0 Å². The average molecular weight is 653 g/mol. The van der Waals surface area contributed by atoms with Crippen LogP contribution in [0.15, 0.2) is 76.5 Å². The van der Waals surface area contributed by atoms with E-state index in [9.17, 15) is 18.0 Å². The summed E-state index contributed by atoms with van der Waals surface area (Å²) in [6.45, 7) is 6.53. The SMILES string of the molecule is CCOc1ccccc1N(CC(=O)N(Cc1c(Cl)cccc1Cl)[C@@H](C)C(=O)NC(C)C)S(=O)(=O)c1ccc(SC)cc1. The molecule has 12 heteroatoms. The Morgan fingerprint density at radius 1 is 0.952 bits per heavy atom. The Bertz CT molecular complexity index is 1480. The monoisotopic (exact) mass is 651 g/mol. The van der Waals surface area contributed by atoms with E-state index in [1.54, 1.807) is 68.4 Å². The van der Waals surface area contributed by atoms with E-state index in [2.05, 4.69) is 5.32 Å². The van der Waals surface area contributed by atoms with Gasteiger partial charge in [0.05, 0.1) is 17.2 Å². The lowest BCUT2D eigenvalue weighted by Gasteiger charge is -2.33. The Balaban J connectivity index is 2.12. The summed E-state index contributed by atoms with van der Waals surface area (Å²) in [5, 5.41) is 3.45. The van der Waals surface area contributed by atoms with Crippen molar-refractivity contribution in [2.24, 2.45) is 0 Å². The highest BCUT2D eigenvalue weighted by Crippen LogP contribution is 2.34. The Hall–Kier alpha value is -2.92. The predicted molar refractivity (Wildman–Crippen MR) is 170 cm³/mol. The molecule has 3 aromatic rings. The Morgan fingerprint density at radius 2 is 1.57 bits per heavy atom. The van der Waals surface area contributed by atoms with Gasteiger partial charge in [-0.1, -0.05) is 41.4 Å². The smallest absolute Gasteiger partial charge is 0.264 e. The summed E-state index contributed by atoms with van der Waals surface area (Å²) < 4.78 is 35.0. The van der Waals surface area contributed by atoms with Gasteiger partial charge in [-0.15, -0.1) is 11.8 Å². The highest BCUT2D eigenvalue weighted by Gasteiger charge is 2.34. The van der Waals surface area contributed by atoms with Crippen LogP contribution in [0.1, 0.15) is 33.3 Å². The molecule has 0 aliphatic rings. The normalized spacial score (nSPS) is 12.1. The van der Waals surface area contributed by atoms with Gasteiger partial charge in [-0.25, -0.2) is 8.42 Å². The number of rotatable bonds is 13. The van der Waals surface area contributed by atoms with Crippen LogP contribution >= 0.6 is 35.0 Å². The number of hydrogen-bond donors (Lipinski definition) is 1. The lowest BCUT2D eigenvalue weighted by atomic mass is 10.1. The molecule has 1 atom stereocenters. The molecular weight excluding hydrogens is 617 g/mol. The van der Waals surface area contributed by atoms with Crippen LogP contribution in [-0.2, 0) is 26.2 Å². The van der Waals surface area contributed by atoms with Gasteiger partial charge >= 0.3 is 0 Å². The molecule has 0 fully saturated rings. The molecule has 8 nitrogen and oxygen atoms in total. The molecule has 226 valence electrons. The second-order valence-corrected chi connectivity index (χ2v) is 13.2. The third kappa shape index (κ3) is 8.12. The zero-order valence-corrected chi connectivity index (χ0v) is 27.3. The molecule has 0 radical (unpaired) electrons. The molecule has 3 aromatic carbocycles. The van der Waals surface area contributed by atoms with Gasteiger partial charge in [0.25, 0.3) is 10.0 Å². The first kappa shape index (κ1) is 33.6. The number of nitrogens with one attached hydrogen (secondary N) is 1. The van der Waals surface area contributed by atoms with Gasteiger partial charge in [0.1, 0.15) is 18.3 Å². The number of hydrogen-bond acceptors (Lipinski definition) is 6. The molecule has 0 aliphatic heterocycles. The van der Waals surface area contributed by atoms with Gasteiger partial charge in [-0.3, -0.25) is 13.9 Å². The second-order valence-electron chi connectivity index (χ2n) is 9.65. The zero-order valence-electron chi connectivity index (χ0n) is 24.1. The van der Waals surface area contributed by atoms with Crippen molar-refractivity contribution in [2.75, 3.05) is 23.7 Å². The van der Waals surface area contributed by atoms with E-state index in [1.165, 1.54) is 28.8 Å². The van der Waals surface area contributed by atoms with Crippen LogP contribution < -0.4 is 14.4 Å². The minimum Gasteiger partial charge on any atom is -0.492 e. The van der Waals surface area contributed by atoms with Gasteiger partial charge in [-0.05, 0) is 82.5 Å². The first-order chi connectivity index (χ1) is 19.9. The van der Waals surface area contributed by atoms with Crippen LogP contribution in [0, 0.1) is 0 Å². The highest BCUT2D eigenvalue weighted by molar-refractivity contribution is 7.98. The third-order valence-corrected chi connectivity index (χ3v) is 9.57. The number of amides is 2. The van der Waals surface area contributed by atoms with Gasteiger partial charge < -0.3 is 15.0 Å². The van der Waals surface area contributed by atoms with Crippen molar-refractivity contribution in [1.82, 2.24) is 10.2 Å². The van der Waals surface area contributed by atoms with Gasteiger partial charge in [0, 0.05) is 33.1 Å². The first-order valence-electron chi connectivity index (χ1n) is 13.3. The number of carbonyl (C=O) groups excluding carboxylic acids is 2. The molecule has 0 aliphatic carbocycles. The van der Waals surface area contributed by atoms with Crippen LogP contribution in [0.4, 0.5) is 5.69 Å². The van der Waals surface area contributed by atoms with E-state index in [1.807, 2.05) is 20.1 Å². The van der Waals surface area contributed by atoms with Crippen LogP contribution in [0.25, 0.3) is 0 Å². The summed E-state index contributed by atoms with van der Waals surface area (Å²) in [5.74, 6) is -0.741. The molecule has 0 aromatic heterocycles. The molecule has 0 spiro atoms. The van der Waals surface area contributed by atoms with Crippen molar-refractivity contribution in [3.05, 3.63) is 82.3 Å². The number of nitrogens with zero attached hydrogens (tertiary/aromatic N) is 2. The zero-order chi connectivity index (χ0) is 31.0. The predicted octanol–water partition coefficient (Wildman–Crippen LogP) is 6.25. The van der Waals surface area contributed by atoms with Crippen LogP contribution in [0.2, 0.25) is 10.0 Å². The summed E-state index contributed by atoms with van der Waals surface area (Å²) in [5.41, 5.74) is 0.631. The molecule has 0 saturated heterocycles. The number of sulfonamides is 1. The van der Waals surface area contributed by atoms with Crippen molar-refractivity contribution in [3.63, 3.8) is 0 Å². The van der Waals surface area contributed by atoms with E-state index in [0.717, 1.165) is 9.20 Å². The molecule has 42 heavy (non-hydrogen) atoms. The number of anilines is 1. The lowest BCUT2D eigenvalue weighted by Crippen LogP contribution is -2.52. The topological polar surface area (TPSA) is 96.0 Å². The molecule has 2 amide bonds. The number of thioether (sulfide) groups is 1. The van der Waals surface area contributed by atoms with Crippen molar-refractivity contribution in [1.29, 1.82) is 0 Å². The maximum absolute atomic E-state index is 14.1. The molecule has 3 rings (SSSR count). The number of benzene rings is 3. The van der Waals surface area contributed by atoms with E-state index >= 15 is 0 Å². The molecule has 0 bridgehead atoms. The summed E-state index contributed by atoms with van der Waals surface area (Å²) in [6.07, 6.45) is 1.89. The number of ether oxygens (including phenoxy) is 1. The molecule has 0 saturated carbocycles. The number of halogens is 2.